The van der Waals surface area contributed by atoms with Crippen LogP contribution in [0.4, 0.5) is 4.79 Å². The molecule has 0 atom stereocenters. The van der Waals surface area contributed by atoms with Gasteiger partial charge in [0.15, 0.2) is 0 Å². The van der Waals surface area contributed by atoms with Crippen LogP contribution in [0.15, 0.2) is 30.3 Å². The van der Waals surface area contributed by atoms with E-state index in [9.17, 15) is 4.79 Å². The Hall–Kier alpha value is -1.71. The zero-order chi connectivity index (χ0) is 10.9. The molecule has 0 saturated heterocycles. The normalized spacial score (nSPS) is 9.40. The Morgan fingerprint density at radius 3 is 2.67 bits per heavy atom. The molecule has 0 saturated carbocycles. The molecular formula is C11H13O4. The third-order valence-corrected chi connectivity index (χ3v) is 1.53. The maximum Gasteiger partial charge on any atom is 0.508 e. The van der Waals surface area contributed by atoms with Crippen molar-refractivity contribution in [2.45, 2.75) is 6.92 Å². The Balaban J connectivity index is 2.10. The summed E-state index contributed by atoms with van der Waals surface area (Å²) >= 11 is 0. The smallest absolute Gasteiger partial charge is 0.490 e. The summed E-state index contributed by atoms with van der Waals surface area (Å²) < 4.78 is 14.4. The van der Waals surface area contributed by atoms with Crippen molar-refractivity contribution in [2.24, 2.45) is 0 Å². The number of ether oxygens (including phenoxy) is 3. The highest BCUT2D eigenvalue weighted by Gasteiger charge is 2.01. The molecule has 0 bridgehead atoms. The van der Waals surface area contributed by atoms with Gasteiger partial charge in [-0.25, -0.2) is 4.79 Å². The fraction of sp³-hybridized carbons (Fsp3) is 0.273. The minimum atomic E-state index is -0.714. The van der Waals surface area contributed by atoms with Crippen molar-refractivity contribution in [3.8, 4) is 5.75 Å². The Bertz CT molecular complexity index is 284. The number of hydrogen-bond donors (Lipinski definition) is 0. The van der Waals surface area contributed by atoms with Crippen molar-refractivity contribution < 1.29 is 19.0 Å². The number of rotatable bonds is 5. The molecule has 1 radical (unpaired) electrons. The van der Waals surface area contributed by atoms with Crippen molar-refractivity contribution >= 4 is 6.16 Å². The van der Waals surface area contributed by atoms with Crippen LogP contribution < -0.4 is 4.74 Å². The topological polar surface area (TPSA) is 44.8 Å². The molecule has 0 amide bonds. The highest BCUT2D eigenvalue weighted by atomic mass is 16.7. The first-order valence-corrected chi connectivity index (χ1v) is 4.62. The van der Waals surface area contributed by atoms with E-state index >= 15 is 0 Å². The number of carbonyl (C=O) groups excluding carboxylic acids is 1. The summed E-state index contributed by atoms with van der Waals surface area (Å²) in [6, 6.07) is 9.31. The minimum Gasteiger partial charge on any atom is -0.490 e. The molecule has 0 fully saturated rings. The van der Waals surface area contributed by atoms with E-state index in [4.69, 9.17) is 4.74 Å². The predicted molar refractivity (Wildman–Crippen MR) is 54.3 cm³/mol. The lowest BCUT2D eigenvalue weighted by molar-refractivity contribution is 0.0635. The average molecular weight is 209 g/mol. The van der Waals surface area contributed by atoms with E-state index in [0.29, 0.717) is 6.61 Å². The fourth-order valence-corrected chi connectivity index (χ4v) is 0.931. The zero-order valence-electron chi connectivity index (χ0n) is 8.51. The SMILES string of the molecule is C[CH]OC(=O)OCCOc1ccccc1. The molecule has 4 nitrogen and oxygen atoms in total. The second-order valence-corrected chi connectivity index (χ2v) is 2.61. The predicted octanol–water partition coefficient (Wildman–Crippen LogP) is 2.40. The van der Waals surface area contributed by atoms with Crippen LogP contribution in [-0.2, 0) is 9.47 Å². The maximum absolute atomic E-state index is 10.7. The number of benzene rings is 1. The van der Waals surface area contributed by atoms with E-state index in [1.807, 2.05) is 30.3 Å². The van der Waals surface area contributed by atoms with Gasteiger partial charge >= 0.3 is 6.16 Å². The summed E-state index contributed by atoms with van der Waals surface area (Å²) in [6.07, 6.45) is -0.714. The van der Waals surface area contributed by atoms with Crippen molar-refractivity contribution in [3.05, 3.63) is 36.9 Å². The third kappa shape index (κ3) is 4.90. The van der Waals surface area contributed by atoms with Gasteiger partial charge in [0.25, 0.3) is 0 Å². The summed E-state index contributed by atoms with van der Waals surface area (Å²) in [5.41, 5.74) is 0. The summed E-state index contributed by atoms with van der Waals surface area (Å²) in [5.74, 6) is 0.747. The molecule has 0 unspecified atom stereocenters. The highest BCUT2D eigenvalue weighted by molar-refractivity contribution is 5.60. The first-order valence-electron chi connectivity index (χ1n) is 4.62. The largest absolute Gasteiger partial charge is 0.508 e. The standard InChI is InChI=1S/C11H13O4/c1-2-13-11(12)15-9-8-14-10-6-4-3-5-7-10/h2-7H,8-9H2,1H3. The van der Waals surface area contributed by atoms with Crippen LogP contribution in [0.25, 0.3) is 0 Å². The van der Waals surface area contributed by atoms with Crippen LogP contribution in [0.1, 0.15) is 6.92 Å². The quantitative estimate of drug-likeness (QED) is 0.551. The Morgan fingerprint density at radius 2 is 2.00 bits per heavy atom. The zero-order valence-corrected chi connectivity index (χ0v) is 8.51. The molecule has 4 heteroatoms. The molecule has 81 valence electrons. The number of hydrogen-bond acceptors (Lipinski definition) is 4. The van der Waals surface area contributed by atoms with E-state index in [-0.39, 0.29) is 6.61 Å². The van der Waals surface area contributed by atoms with Crippen molar-refractivity contribution in [1.82, 2.24) is 0 Å². The molecule has 15 heavy (non-hydrogen) atoms. The van der Waals surface area contributed by atoms with Crippen molar-refractivity contribution in [2.75, 3.05) is 13.2 Å². The lowest BCUT2D eigenvalue weighted by Gasteiger charge is -2.06. The van der Waals surface area contributed by atoms with Crippen LogP contribution >= 0.6 is 0 Å². The average Bonchev–Trinajstić information content (AvgIpc) is 2.26. The van der Waals surface area contributed by atoms with E-state index in [1.54, 1.807) is 6.92 Å². The molecule has 0 aliphatic heterocycles. The first-order chi connectivity index (χ1) is 7.33. The second kappa shape index (κ2) is 6.70. The van der Waals surface area contributed by atoms with Crippen LogP contribution in [0, 0.1) is 6.61 Å². The highest BCUT2D eigenvalue weighted by Crippen LogP contribution is 2.07. The summed E-state index contributed by atoms with van der Waals surface area (Å²) in [6.45, 7) is 3.34. The Labute approximate surface area is 88.8 Å². The van der Waals surface area contributed by atoms with Gasteiger partial charge in [-0.2, -0.15) is 0 Å². The molecule has 0 aliphatic carbocycles. The van der Waals surface area contributed by atoms with E-state index < -0.39 is 6.16 Å². The fourth-order valence-electron chi connectivity index (χ4n) is 0.931. The monoisotopic (exact) mass is 209 g/mol. The summed E-state index contributed by atoms with van der Waals surface area (Å²) in [7, 11) is 0. The number of carbonyl (C=O) groups is 1. The third-order valence-electron chi connectivity index (χ3n) is 1.53. The molecule has 1 rings (SSSR count). The molecule has 0 aromatic heterocycles. The van der Waals surface area contributed by atoms with E-state index in [2.05, 4.69) is 9.47 Å². The van der Waals surface area contributed by atoms with E-state index in [1.165, 1.54) is 6.61 Å². The molecule has 0 aliphatic rings. The first kappa shape index (κ1) is 11.4. The molecule has 0 N–H and O–H groups in total. The van der Waals surface area contributed by atoms with Gasteiger partial charge in [-0.3, -0.25) is 0 Å². The van der Waals surface area contributed by atoms with Crippen molar-refractivity contribution in [1.29, 1.82) is 0 Å². The van der Waals surface area contributed by atoms with Gasteiger partial charge in [-0.15, -0.1) is 0 Å². The van der Waals surface area contributed by atoms with Crippen LogP contribution in [0.3, 0.4) is 0 Å². The molecule has 0 heterocycles. The van der Waals surface area contributed by atoms with Gasteiger partial charge in [0.05, 0.1) is 0 Å². The summed E-state index contributed by atoms with van der Waals surface area (Å²) in [4.78, 5) is 10.7. The minimum absolute atomic E-state index is 0.168. The van der Waals surface area contributed by atoms with Crippen LogP contribution in [0.2, 0.25) is 0 Å². The van der Waals surface area contributed by atoms with Gasteiger partial charge in [0.2, 0.25) is 0 Å². The van der Waals surface area contributed by atoms with Crippen molar-refractivity contribution in [3.63, 3.8) is 0 Å². The van der Waals surface area contributed by atoms with Crippen LogP contribution in [0.5, 0.6) is 5.75 Å². The molecule has 1 aromatic carbocycles. The van der Waals surface area contributed by atoms with E-state index in [0.717, 1.165) is 5.75 Å². The van der Waals surface area contributed by atoms with Gasteiger partial charge in [0, 0.05) is 0 Å². The van der Waals surface area contributed by atoms with Gasteiger partial charge in [-0.1, -0.05) is 18.2 Å². The maximum atomic E-state index is 10.7. The molecular weight excluding hydrogens is 196 g/mol. The molecule has 1 aromatic rings. The Kier molecular flexibility index (Phi) is 5.08. The lowest BCUT2D eigenvalue weighted by atomic mass is 10.3. The number of para-hydroxylation sites is 1. The van der Waals surface area contributed by atoms with Gasteiger partial charge in [0.1, 0.15) is 25.6 Å². The summed E-state index contributed by atoms with van der Waals surface area (Å²) in [5, 5.41) is 0. The van der Waals surface area contributed by atoms with Crippen LogP contribution in [-0.4, -0.2) is 19.4 Å². The lowest BCUT2D eigenvalue weighted by Crippen LogP contribution is -2.12. The second-order valence-electron chi connectivity index (χ2n) is 2.61. The van der Waals surface area contributed by atoms with Gasteiger partial charge < -0.3 is 14.2 Å². The van der Waals surface area contributed by atoms with Gasteiger partial charge in [-0.05, 0) is 19.1 Å². The molecule has 0 spiro atoms. The Morgan fingerprint density at radius 1 is 1.27 bits per heavy atom.